The van der Waals surface area contributed by atoms with Crippen LogP contribution in [0.2, 0.25) is 0 Å². The van der Waals surface area contributed by atoms with Crippen LogP contribution in [0.3, 0.4) is 0 Å². The first-order valence-electron chi connectivity index (χ1n) is 9.56. The van der Waals surface area contributed by atoms with E-state index in [9.17, 15) is 10.1 Å². The van der Waals surface area contributed by atoms with Crippen LogP contribution < -0.4 is 4.90 Å². The first-order chi connectivity index (χ1) is 14.1. The molecule has 150 valence electrons. The highest BCUT2D eigenvalue weighted by atomic mass is 16.6. The number of hydrogen-bond acceptors (Lipinski definition) is 8. The maximum Gasteiger partial charge on any atom is 0.287 e. The summed E-state index contributed by atoms with van der Waals surface area (Å²) in [6.07, 6.45) is 1.95. The van der Waals surface area contributed by atoms with E-state index in [1.807, 2.05) is 30.3 Å². The standard InChI is InChI=1S/C20H22N6O3/c1-15(20-22-18(23-29-20)13-16-5-3-2-4-6-16)24-9-11-25(12-10-24)19-8-7-17(14-21-19)26(27)28/h2-8,14-15H,9-13H2,1H3/t15-/m1/s1. The van der Waals surface area contributed by atoms with Gasteiger partial charge < -0.3 is 9.42 Å². The number of anilines is 1. The molecule has 0 N–H and O–H groups in total. The molecule has 1 fully saturated rings. The van der Waals surface area contributed by atoms with E-state index in [1.165, 1.54) is 12.3 Å². The van der Waals surface area contributed by atoms with E-state index in [0.717, 1.165) is 37.6 Å². The summed E-state index contributed by atoms with van der Waals surface area (Å²) in [5, 5.41) is 14.9. The Bertz CT molecular complexity index is 952. The highest BCUT2D eigenvalue weighted by Gasteiger charge is 2.26. The lowest BCUT2D eigenvalue weighted by Gasteiger charge is -2.37. The average Bonchev–Trinajstić information content (AvgIpc) is 3.22. The minimum absolute atomic E-state index is 0.00343. The average molecular weight is 394 g/mol. The van der Waals surface area contributed by atoms with E-state index in [1.54, 1.807) is 6.07 Å². The van der Waals surface area contributed by atoms with Crippen molar-refractivity contribution in [2.75, 3.05) is 31.1 Å². The van der Waals surface area contributed by atoms with Crippen LogP contribution in [0.25, 0.3) is 0 Å². The lowest BCUT2D eigenvalue weighted by Crippen LogP contribution is -2.47. The quantitative estimate of drug-likeness (QED) is 0.465. The van der Waals surface area contributed by atoms with E-state index >= 15 is 0 Å². The van der Waals surface area contributed by atoms with Gasteiger partial charge in [0, 0.05) is 38.7 Å². The van der Waals surface area contributed by atoms with Crippen molar-refractivity contribution in [3.63, 3.8) is 0 Å². The number of nitro groups is 1. The first kappa shape index (κ1) is 19.0. The number of pyridine rings is 1. The van der Waals surface area contributed by atoms with Crippen molar-refractivity contribution in [3.05, 3.63) is 76.1 Å². The van der Waals surface area contributed by atoms with Crippen molar-refractivity contribution in [3.8, 4) is 0 Å². The van der Waals surface area contributed by atoms with Crippen LogP contribution in [-0.4, -0.2) is 51.1 Å². The Morgan fingerprint density at radius 2 is 1.90 bits per heavy atom. The van der Waals surface area contributed by atoms with Crippen molar-refractivity contribution in [2.24, 2.45) is 0 Å². The zero-order valence-corrected chi connectivity index (χ0v) is 16.1. The number of aromatic nitrogens is 3. The number of benzene rings is 1. The van der Waals surface area contributed by atoms with E-state index in [0.29, 0.717) is 18.1 Å². The van der Waals surface area contributed by atoms with Gasteiger partial charge in [-0.25, -0.2) is 4.98 Å². The van der Waals surface area contributed by atoms with Gasteiger partial charge in [0.2, 0.25) is 5.89 Å². The van der Waals surface area contributed by atoms with Crippen LogP contribution in [0.4, 0.5) is 11.5 Å². The minimum atomic E-state index is -0.438. The first-order valence-corrected chi connectivity index (χ1v) is 9.56. The van der Waals surface area contributed by atoms with Gasteiger partial charge in [-0.1, -0.05) is 35.5 Å². The van der Waals surface area contributed by atoms with Gasteiger partial charge >= 0.3 is 0 Å². The molecular formula is C20H22N6O3. The third-order valence-electron chi connectivity index (χ3n) is 5.18. The molecule has 0 bridgehead atoms. The molecule has 0 saturated carbocycles. The summed E-state index contributed by atoms with van der Waals surface area (Å²) in [5.41, 5.74) is 1.15. The summed E-state index contributed by atoms with van der Waals surface area (Å²) in [4.78, 5) is 23.5. The molecule has 1 aromatic carbocycles. The molecule has 3 aromatic rings. The van der Waals surface area contributed by atoms with Crippen LogP contribution in [-0.2, 0) is 6.42 Å². The molecule has 0 aliphatic carbocycles. The molecule has 2 aromatic heterocycles. The van der Waals surface area contributed by atoms with Crippen LogP contribution in [0.15, 0.2) is 53.2 Å². The Hall–Kier alpha value is -3.33. The van der Waals surface area contributed by atoms with Crippen molar-refractivity contribution in [1.82, 2.24) is 20.0 Å². The number of rotatable bonds is 6. The zero-order valence-electron chi connectivity index (χ0n) is 16.1. The summed E-state index contributed by atoms with van der Waals surface area (Å²) >= 11 is 0. The van der Waals surface area contributed by atoms with Crippen LogP contribution in [0.5, 0.6) is 0 Å². The molecular weight excluding hydrogens is 372 g/mol. The fourth-order valence-electron chi connectivity index (χ4n) is 3.46. The lowest BCUT2D eigenvalue weighted by atomic mass is 10.1. The second-order valence-electron chi connectivity index (χ2n) is 7.04. The molecule has 1 aliphatic rings. The smallest absolute Gasteiger partial charge is 0.287 e. The van der Waals surface area contributed by atoms with Gasteiger partial charge in [0.15, 0.2) is 5.82 Å². The normalized spacial score (nSPS) is 16.0. The van der Waals surface area contributed by atoms with E-state index in [4.69, 9.17) is 4.52 Å². The summed E-state index contributed by atoms with van der Waals surface area (Å²) in [6, 6.07) is 13.3. The van der Waals surface area contributed by atoms with Gasteiger partial charge in [0.25, 0.3) is 5.69 Å². The van der Waals surface area contributed by atoms with Gasteiger partial charge in [-0.05, 0) is 18.6 Å². The Balaban J connectivity index is 1.34. The number of nitrogens with zero attached hydrogens (tertiary/aromatic N) is 6. The largest absolute Gasteiger partial charge is 0.354 e. The third kappa shape index (κ3) is 4.40. The highest BCUT2D eigenvalue weighted by Crippen LogP contribution is 2.23. The molecule has 29 heavy (non-hydrogen) atoms. The summed E-state index contributed by atoms with van der Waals surface area (Å²) in [7, 11) is 0. The van der Waals surface area contributed by atoms with Crippen LogP contribution in [0.1, 0.15) is 30.2 Å². The molecule has 1 atom stereocenters. The van der Waals surface area contributed by atoms with Crippen molar-refractivity contribution >= 4 is 11.5 Å². The lowest BCUT2D eigenvalue weighted by molar-refractivity contribution is -0.385. The summed E-state index contributed by atoms with van der Waals surface area (Å²) in [6.45, 7) is 5.26. The molecule has 3 heterocycles. The predicted molar refractivity (Wildman–Crippen MR) is 107 cm³/mol. The van der Waals surface area contributed by atoms with E-state index < -0.39 is 4.92 Å². The molecule has 0 unspecified atom stereocenters. The van der Waals surface area contributed by atoms with Crippen molar-refractivity contribution in [1.29, 1.82) is 0 Å². The number of piperazine rings is 1. The van der Waals surface area contributed by atoms with Gasteiger partial charge in [-0.2, -0.15) is 4.98 Å². The Morgan fingerprint density at radius 3 is 2.55 bits per heavy atom. The molecule has 1 aliphatic heterocycles. The Labute approximate surface area is 168 Å². The third-order valence-corrected chi connectivity index (χ3v) is 5.18. The van der Waals surface area contributed by atoms with Gasteiger partial charge in [-0.15, -0.1) is 0 Å². The predicted octanol–water partition coefficient (Wildman–Crippen LogP) is 2.85. The minimum Gasteiger partial charge on any atom is -0.354 e. The maximum atomic E-state index is 10.8. The van der Waals surface area contributed by atoms with Crippen LogP contribution in [0, 0.1) is 10.1 Å². The second-order valence-corrected chi connectivity index (χ2v) is 7.04. The number of hydrogen-bond donors (Lipinski definition) is 0. The van der Waals surface area contributed by atoms with Crippen LogP contribution >= 0.6 is 0 Å². The Morgan fingerprint density at radius 1 is 1.14 bits per heavy atom. The molecule has 1 saturated heterocycles. The van der Waals surface area contributed by atoms with Gasteiger partial charge in [0.1, 0.15) is 12.0 Å². The van der Waals surface area contributed by atoms with Crippen molar-refractivity contribution < 1.29 is 9.45 Å². The second kappa shape index (κ2) is 8.36. The zero-order chi connectivity index (χ0) is 20.2. The Kier molecular flexibility index (Phi) is 5.48. The SMILES string of the molecule is C[C@H](c1nc(Cc2ccccc2)no1)N1CCN(c2ccc([N+](=O)[O-])cn2)CC1. The maximum absolute atomic E-state index is 10.8. The highest BCUT2D eigenvalue weighted by molar-refractivity contribution is 5.43. The topological polar surface area (TPSA) is 101 Å². The summed E-state index contributed by atoms with van der Waals surface area (Å²) in [5.74, 6) is 2.07. The molecule has 4 rings (SSSR count). The van der Waals surface area contributed by atoms with E-state index in [-0.39, 0.29) is 11.7 Å². The van der Waals surface area contributed by atoms with E-state index in [2.05, 4.69) is 31.8 Å². The molecule has 0 radical (unpaired) electrons. The monoisotopic (exact) mass is 394 g/mol. The van der Waals surface area contributed by atoms with Gasteiger partial charge in [0.05, 0.1) is 11.0 Å². The fraction of sp³-hybridized carbons (Fsp3) is 0.350. The molecule has 9 nitrogen and oxygen atoms in total. The fourth-order valence-corrected chi connectivity index (χ4v) is 3.46. The molecule has 0 amide bonds. The molecule has 0 spiro atoms. The summed E-state index contributed by atoms with van der Waals surface area (Å²) < 4.78 is 5.51. The van der Waals surface area contributed by atoms with Gasteiger partial charge in [-0.3, -0.25) is 15.0 Å². The van der Waals surface area contributed by atoms with Crippen molar-refractivity contribution in [2.45, 2.75) is 19.4 Å². The molecule has 9 heteroatoms.